The number of piperazine rings is 1. The fourth-order valence-electron chi connectivity index (χ4n) is 2.84. The molecule has 1 aromatic carbocycles. The van der Waals surface area contributed by atoms with Gasteiger partial charge in [-0.15, -0.1) is 0 Å². The van der Waals surface area contributed by atoms with Crippen molar-refractivity contribution in [2.45, 2.75) is 26.7 Å². The first-order valence-electron chi connectivity index (χ1n) is 8.68. The molecule has 0 atom stereocenters. The molecule has 7 nitrogen and oxygen atoms in total. The van der Waals surface area contributed by atoms with Gasteiger partial charge in [-0.1, -0.05) is 12.1 Å². The standard InChI is InChI=1S/C18H27N3O4S/c1-14-5-6-16(13-15(14)2)17(22)7-8-18(23)20-9-11-21(12-10-20)26(24,25)19(3)4/h5-6,13H,7-12H2,1-4H3. The van der Waals surface area contributed by atoms with Crippen molar-refractivity contribution in [1.29, 1.82) is 0 Å². The number of amides is 1. The lowest BCUT2D eigenvalue weighted by molar-refractivity contribution is -0.132. The molecule has 0 bridgehead atoms. The topological polar surface area (TPSA) is 78.0 Å². The van der Waals surface area contributed by atoms with Crippen molar-refractivity contribution in [2.75, 3.05) is 40.3 Å². The number of hydrogen-bond acceptors (Lipinski definition) is 4. The SMILES string of the molecule is Cc1ccc(C(=O)CCC(=O)N2CCN(S(=O)(=O)N(C)C)CC2)cc1C. The minimum absolute atomic E-state index is 0.0460. The third-order valence-corrected chi connectivity index (χ3v) is 6.71. The molecule has 0 unspecified atom stereocenters. The summed E-state index contributed by atoms with van der Waals surface area (Å²) in [4.78, 5) is 26.3. The number of nitrogens with zero attached hydrogens (tertiary/aromatic N) is 3. The third kappa shape index (κ3) is 4.69. The molecule has 0 aromatic heterocycles. The lowest BCUT2D eigenvalue weighted by Crippen LogP contribution is -2.53. The van der Waals surface area contributed by atoms with Gasteiger partial charge in [0.1, 0.15) is 0 Å². The van der Waals surface area contributed by atoms with E-state index in [1.54, 1.807) is 11.0 Å². The van der Waals surface area contributed by atoms with Gasteiger partial charge in [0.05, 0.1) is 0 Å². The summed E-state index contributed by atoms with van der Waals surface area (Å²) in [6.07, 6.45) is 0.309. The van der Waals surface area contributed by atoms with Crippen molar-refractivity contribution in [3.8, 4) is 0 Å². The predicted molar refractivity (Wildman–Crippen MR) is 100 cm³/mol. The van der Waals surface area contributed by atoms with E-state index < -0.39 is 10.2 Å². The van der Waals surface area contributed by atoms with Crippen LogP contribution in [0.4, 0.5) is 0 Å². The molecular formula is C18H27N3O4S. The molecule has 0 spiro atoms. The van der Waals surface area contributed by atoms with Crippen LogP contribution >= 0.6 is 0 Å². The van der Waals surface area contributed by atoms with Gasteiger partial charge >= 0.3 is 0 Å². The quantitative estimate of drug-likeness (QED) is 0.694. The van der Waals surface area contributed by atoms with Crippen LogP contribution in [0.15, 0.2) is 18.2 Å². The molecule has 1 aromatic rings. The molecule has 8 heteroatoms. The number of carbonyl (C=O) groups is 2. The molecule has 26 heavy (non-hydrogen) atoms. The Labute approximate surface area is 155 Å². The minimum Gasteiger partial charge on any atom is -0.340 e. The number of aryl methyl sites for hydroxylation is 2. The lowest BCUT2D eigenvalue weighted by atomic mass is 10.0. The highest BCUT2D eigenvalue weighted by atomic mass is 32.2. The van der Waals surface area contributed by atoms with Gasteiger partial charge < -0.3 is 4.90 Å². The Hall–Kier alpha value is -1.77. The molecule has 1 heterocycles. The van der Waals surface area contributed by atoms with Crippen molar-refractivity contribution in [1.82, 2.24) is 13.5 Å². The minimum atomic E-state index is -3.44. The summed E-state index contributed by atoms with van der Waals surface area (Å²) in [5.74, 6) is -0.153. The largest absolute Gasteiger partial charge is 0.340 e. The van der Waals surface area contributed by atoms with Crippen LogP contribution in [-0.4, -0.2) is 73.9 Å². The summed E-state index contributed by atoms with van der Waals surface area (Å²) in [6, 6.07) is 5.56. The van der Waals surface area contributed by atoms with Gasteiger partial charge in [-0.05, 0) is 31.0 Å². The van der Waals surface area contributed by atoms with Crippen LogP contribution in [0.25, 0.3) is 0 Å². The normalized spacial score (nSPS) is 16.1. The number of rotatable bonds is 6. The number of benzene rings is 1. The van der Waals surface area contributed by atoms with E-state index in [1.165, 1.54) is 22.7 Å². The maximum atomic E-state index is 12.3. The van der Waals surface area contributed by atoms with Gasteiger partial charge in [0.2, 0.25) is 5.91 Å². The zero-order valence-electron chi connectivity index (χ0n) is 15.9. The Kier molecular flexibility index (Phi) is 6.54. The van der Waals surface area contributed by atoms with Crippen molar-refractivity contribution in [3.63, 3.8) is 0 Å². The van der Waals surface area contributed by atoms with Crippen LogP contribution in [0.3, 0.4) is 0 Å². The molecule has 0 saturated carbocycles. The second kappa shape index (κ2) is 8.28. The average molecular weight is 381 g/mol. The summed E-state index contributed by atoms with van der Waals surface area (Å²) in [6.45, 7) is 5.20. The Morgan fingerprint density at radius 2 is 1.62 bits per heavy atom. The Morgan fingerprint density at radius 1 is 1.00 bits per heavy atom. The Bertz CT molecular complexity index is 782. The van der Waals surface area contributed by atoms with Crippen LogP contribution in [0, 0.1) is 13.8 Å². The molecule has 1 saturated heterocycles. The first-order chi connectivity index (χ1) is 12.1. The third-order valence-electron chi connectivity index (χ3n) is 4.77. The summed E-state index contributed by atoms with van der Waals surface area (Å²) in [5.41, 5.74) is 2.81. The summed E-state index contributed by atoms with van der Waals surface area (Å²) in [7, 11) is -0.461. The molecule has 0 radical (unpaired) electrons. The number of Topliss-reactive ketones (excluding diaryl/α,β-unsaturated/α-hetero) is 1. The smallest absolute Gasteiger partial charge is 0.281 e. The van der Waals surface area contributed by atoms with E-state index in [9.17, 15) is 18.0 Å². The van der Waals surface area contributed by atoms with Crippen LogP contribution in [0.5, 0.6) is 0 Å². The van der Waals surface area contributed by atoms with Crippen molar-refractivity contribution >= 4 is 21.9 Å². The van der Waals surface area contributed by atoms with E-state index in [2.05, 4.69) is 0 Å². The Morgan fingerprint density at radius 3 is 2.15 bits per heavy atom. The van der Waals surface area contributed by atoms with Crippen LogP contribution in [-0.2, 0) is 15.0 Å². The van der Waals surface area contributed by atoms with E-state index >= 15 is 0 Å². The molecule has 1 aliphatic rings. The van der Waals surface area contributed by atoms with Crippen molar-refractivity contribution < 1.29 is 18.0 Å². The first-order valence-corrected chi connectivity index (χ1v) is 10.1. The van der Waals surface area contributed by atoms with E-state index in [4.69, 9.17) is 0 Å². The summed E-state index contributed by atoms with van der Waals surface area (Å²) >= 11 is 0. The van der Waals surface area contributed by atoms with E-state index in [1.807, 2.05) is 26.0 Å². The van der Waals surface area contributed by atoms with Gasteiger partial charge in [-0.2, -0.15) is 17.0 Å². The molecule has 0 aliphatic carbocycles. The zero-order valence-corrected chi connectivity index (χ0v) is 16.7. The molecular weight excluding hydrogens is 354 g/mol. The molecule has 1 fully saturated rings. The fraction of sp³-hybridized carbons (Fsp3) is 0.556. The molecule has 144 valence electrons. The van der Waals surface area contributed by atoms with Gasteiger partial charge in [0.15, 0.2) is 5.78 Å². The Balaban J connectivity index is 1.86. The van der Waals surface area contributed by atoms with E-state index in [0.717, 1.165) is 11.1 Å². The van der Waals surface area contributed by atoms with Gasteiger partial charge in [0, 0.05) is 58.7 Å². The van der Waals surface area contributed by atoms with Crippen molar-refractivity contribution in [3.05, 3.63) is 34.9 Å². The highest BCUT2D eigenvalue weighted by molar-refractivity contribution is 7.86. The predicted octanol–water partition coefficient (Wildman–Crippen LogP) is 1.22. The van der Waals surface area contributed by atoms with Gasteiger partial charge in [-0.3, -0.25) is 9.59 Å². The molecule has 0 N–H and O–H groups in total. The second-order valence-electron chi connectivity index (χ2n) is 6.79. The highest BCUT2D eigenvalue weighted by Gasteiger charge is 2.30. The second-order valence-corrected chi connectivity index (χ2v) is 8.93. The monoisotopic (exact) mass is 381 g/mol. The highest BCUT2D eigenvalue weighted by Crippen LogP contribution is 2.14. The van der Waals surface area contributed by atoms with Crippen LogP contribution < -0.4 is 0 Å². The fourth-order valence-corrected chi connectivity index (χ4v) is 3.92. The maximum absolute atomic E-state index is 12.3. The van der Waals surface area contributed by atoms with Gasteiger partial charge in [0.25, 0.3) is 10.2 Å². The van der Waals surface area contributed by atoms with Gasteiger partial charge in [-0.25, -0.2) is 0 Å². The van der Waals surface area contributed by atoms with E-state index in [0.29, 0.717) is 18.7 Å². The van der Waals surface area contributed by atoms with E-state index in [-0.39, 0.29) is 37.6 Å². The molecule has 1 aliphatic heterocycles. The molecule has 1 amide bonds. The number of carbonyl (C=O) groups excluding carboxylic acids is 2. The van der Waals surface area contributed by atoms with Crippen LogP contribution in [0.2, 0.25) is 0 Å². The van der Waals surface area contributed by atoms with Crippen molar-refractivity contribution in [2.24, 2.45) is 0 Å². The van der Waals surface area contributed by atoms with Crippen LogP contribution in [0.1, 0.15) is 34.3 Å². The first kappa shape index (κ1) is 20.5. The number of ketones is 1. The maximum Gasteiger partial charge on any atom is 0.281 e. The molecule has 2 rings (SSSR count). The summed E-state index contributed by atoms with van der Waals surface area (Å²) < 4.78 is 26.7. The number of hydrogen-bond donors (Lipinski definition) is 0. The average Bonchev–Trinajstić information content (AvgIpc) is 2.61. The lowest BCUT2D eigenvalue weighted by Gasteiger charge is -2.35. The zero-order chi connectivity index (χ0) is 19.5. The summed E-state index contributed by atoms with van der Waals surface area (Å²) in [5, 5.41) is 0.